The molecular weight excluding hydrogens is 524 g/mol. The van der Waals surface area contributed by atoms with E-state index >= 15 is 0 Å². The molecule has 2 aromatic rings. The summed E-state index contributed by atoms with van der Waals surface area (Å²) in [6.07, 6.45) is 4.40. The van der Waals surface area contributed by atoms with Crippen molar-refractivity contribution in [2.75, 3.05) is 44.0 Å². The maximum atomic E-state index is 12.4. The molecule has 37 heavy (non-hydrogen) atoms. The van der Waals surface area contributed by atoms with Crippen LogP contribution in [0.3, 0.4) is 0 Å². The fraction of sp³-hybridized carbons (Fsp3) is 0.375. The van der Waals surface area contributed by atoms with E-state index in [0.717, 1.165) is 30.0 Å². The number of nitrogens with one attached hydrogen (secondary N) is 2. The smallest absolute Gasteiger partial charge is 0.260 e. The predicted molar refractivity (Wildman–Crippen MR) is 140 cm³/mol. The second-order valence-corrected chi connectivity index (χ2v) is 10.5. The van der Waals surface area contributed by atoms with Gasteiger partial charge in [0.1, 0.15) is 18.0 Å². The van der Waals surface area contributed by atoms with Gasteiger partial charge in [0.2, 0.25) is 10.0 Å². The number of sulfonamides is 1. The van der Waals surface area contributed by atoms with Crippen LogP contribution in [0.2, 0.25) is 5.02 Å². The summed E-state index contributed by atoms with van der Waals surface area (Å²) in [5.41, 5.74) is 3.17. The van der Waals surface area contributed by atoms with Crippen LogP contribution in [0.4, 0.5) is 5.69 Å². The van der Waals surface area contributed by atoms with Crippen molar-refractivity contribution in [3.8, 4) is 11.5 Å². The summed E-state index contributed by atoms with van der Waals surface area (Å²) < 4.78 is 41.4. The van der Waals surface area contributed by atoms with E-state index in [1.165, 1.54) is 31.5 Å². The van der Waals surface area contributed by atoms with Crippen LogP contribution in [0.15, 0.2) is 47.6 Å². The number of benzene rings is 2. The minimum atomic E-state index is -3.78. The Labute approximate surface area is 220 Å². The molecule has 1 unspecified atom stereocenters. The van der Waals surface area contributed by atoms with Crippen molar-refractivity contribution in [2.24, 2.45) is 5.10 Å². The lowest BCUT2D eigenvalue weighted by Gasteiger charge is -2.21. The number of carbonyl (C=O) groups excluding carboxylic acids is 2. The molecule has 0 bridgehead atoms. The number of hydrogen-bond acceptors (Lipinski definition) is 8. The molecule has 3 rings (SSSR count). The van der Waals surface area contributed by atoms with Crippen LogP contribution >= 0.6 is 11.6 Å². The van der Waals surface area contributed by atoms with Gasteiger partial charge in [-0.2, -0.15) is 5.10 Å². The first kappa shape index (κ1) is 28.2. The largest absolute Gasteiger partial charge is 0.495 e. The standard InChI is InChI=1S/C24H29ClN4O7S/c1-34-22-10-7-18(12-21(22)25)29(37(2,32)33)15-23(30)28-27-13-17-5-8-19(9-6-17)36-16-24(31)26-14-20-4-3-11-35-20/h5-10,12-13,20H,3-4,11,14-16H2,1-2H3,(H,26,31)(H,28,30)/b27-13+. The average Bonchev–Trinajstić information content (AvgIpc) is 3.38. The molecule has 2 amide bonds. The molecule has 1 saturated heterocycles. The highest BCUT2D eigenvalue weighted by Crippen LogP contribution is 2.30. The van der Waals surface area contributed by atoms with Gasteiger partial charge in [-0.1, -0.05) is 11.6 Å². The van der Waals surface area contributed by atoms with Crippen LogP contribution in [0, 0.1) is 0 Å². The zero-order valence-electron chi connectivity index (χ0n) is 20.5. The molecule has 0 spiro atoms. The molecule has 2 N–H and O–H groups in total. The molecule has 0 radical (unpaired) electrons. The van der Waals surface area contributed by atoms with E-state index in [9.17, 15) is 18.0 Å². The lowest BCUT2D eigenvalue weighted by Crippen LogP contribution is -2.39. The number of amides is 2. The highest BCUT2D eigenvalue weighted by molar-refractivity contribution is 7.92. The summed E-state index contributed by atoms with van der Waals surface area (Å²) in [5.74, 6) is -0.0103. The molecule has 2 aromatic carbocycles. The molecule has 13 heteroatoms. The van der Waals surface area contributed by atoms with Gasteiger partial charge < -0.3 is 19.5 Å². The number of hydrazone groups is 1. The van der Waals surface area contributed by atoms with E-state index in [-0.39, 0.29) is 29.3 Å². The van der Waals surface area contributed by atoms with Crippen LogP contribution in [0.5, 0.6) is 11.5 Å². The van der Waals surface area contributed by atoms with Gasteiger partial charge in [0.15, 0.2) is 6.61 Å². The Bertz CT molecular complexity index is 1220. The zero-order valence-corrected chi connectivity index (χ0v) is 22.0. The Morgan fingerprint density at radius 1 is 1.22 bits per heavy atom. The first-order valence-corrected chi connectivity index (χ1v) is 13.6. The van der Waals surface area contributed by atoms with E-state index < -0.39 is 22.5 Å². The van der Waals surface area contributed by atoms with Crippen molar-refractivity contribution in [3.05, 3.63) is 53.1 Å². The van der Waals surface area contributed by atoms with E-state index in [2.05, 4.69) is 15.8 Å². The fourth-order valence-electron chi connectivity index (χ4n) is 3.44. The third-order valence-electron chi connectivity index (χ3n) is 5.31. The Hall–Kier alpha value is -3.35. The summed E-state index contributed by atoms with van der Waals surface area (Å²) in [7, 11) is -2.34. The van der Waals surface area contributed by atoms with Gasteiger partial charge in [-0.3, -0.25) is 13.9 Å². The number of ether oxygens (including phenoxy) is 3. The monoisotopic (exact) mass is 552 g/mol. The van der Waals surface area contributed by atoms with Gasteiger partial charge in [0.05, 0.1) is 36.4 Å². The number of methoxy groups -OCH3 is 1. The maximum Gasteiger partial charge on any atom is 0.260 e. The van der Waals surface area contributed by atoms with E-state index in [4.69, 9.17) is 25.8 Å². The first-order chi connectivity index (χ1) is 17.7. The summed E-state index contributed by atoms with van der Waals surface area (Å²) in [6.45, 7) is 0.584. The number of carbonyl (C=O) groups is 2. The summed E-state index contributed by atoms with van der Waals surface area (Å²) in [4.78, 5) is 24.3. The van der Waals surface area contributed by atoms with Gasteiger partial charge in [0, 0.05) is 13.2 Å². The highest BCUT2D eigenvalue weighted by atomic mass is 35.5. The van der Waals surface area contributed by atoms with Crippen molar-refractivity contribution in [2.45, 2.75) is 18.9 Å². The van der Waals surface area contributed by atoms with Crippen LogP contribution in [0.1, 0.15) is 18.4 Å². The molecule has 0 saturated carbocycles. The normalized spacial score (nSPS) is 15.4. The van der Waals surface area contributed by atoms with Gasteiger partial charge in [-0.15, -0.1) is 0 Å². The third kappa shape index (κ3) is 8.92. The minimum absolute atomic E-state index is 0.0680. The van der Waals surface area contributed by atoms with Crippen LogP contribution in [-0.2, 0) is 24.3 Å². The third-order valence-corrected chi connectivity index (χ3v) is 6.75. The first-order valence-electron chi connectivity index (χ1n) is 11.4. The van der Waals surface area contributed by atoms with E-state index in [1.807, 2.05) is 0 Å². The Balaban J connectivity index is 1.48. The lowest BCUT2D eigenvalue weighted by atomic mass is 10.2. The van der Waals surface area contributed by atoms with Crippen LogP contribution < -0.4 is 24.5 Å². The van der Waals surface area contributed by atoms with Gasteiger partial charge >= 0.3 is 0 Å². The molecule has 1 atom stereocenters. The maximum absolute atomic E-state index is 12.4. The van der Waals surface area contributed by atoms with Crippen molar-refractivity contribution < 1.29 is 32.2 Å². The van der Waals surface area contributed by atoms with Crippen molar-refractivity contribution in [3.63, 3.8) is 0 Å². The SMILES string of the molecule is COc1ccc(N(CC(=O)N/N=C/c2ccc(OCC(=O)NCC3CCCO3)cc2)S(C)(=O)=O)cc1Cl. The molecule has 11 nitrogen and oxygen atoms in total. The van der Waals surface area contributed by atoms with Gasteiger partial charge in [-0.05, 0) is 60.9 Å². The molecule has 0 aliphatic carbocycles. The molecular formula is C24H29ClN4O7S. The zero-order chi connectivity index (χ0) is 26.8. The van der Waals surface area contributed by atoms with Crippen molar-refractivity contribution >= 4 is 45.3 Å². The molecule has 1 aliphatic rings. The predicted octanol–water partition coefficient (Wildman–Crippen LogP) is 1.94. The van der Waals surface area contributed by atoms with E-state index in [1.54, 1.807) is 24.3 Å². The Morgan fingerprint density at radius 2 is 1.97 bits per heavy atom. The summed E-state index contributed by atoms with van der Waals surface area (Å²) in [5, 5.41) is 6.86. The van der Waals surface area contributed by atoms with Crippen LogP contribution in [-0.4, -0.2) is 72.2 Å². The summed E-state index contributed by atoms with van der Waals surface area (Å²) in [6, 6.07) is 11.1. The van der Waals surface area contributed by atoms with Crippen molar-refractivity contribution in [1.82, 2.24) is 10.7 Å². The number of rotatable bonds is 12. The van der Waals surface area contributed by atoms with E-state index in [0.29, 0.717) is 23.6 Å². The Kier molecular flexibility index (Phi) is 10.1. The topological polar surface area (TPSA) is 136 Å². The average molecular weight is 553 g/mol. The highest BCUT2D eigenvalue weighted by Gasteiger charge is 2.22. The summed E-state index contributed by atoms with van der Waals surface area (Å²) >= 11 is 6.09. The van der Waals surface area contributed by atoms with Crippen molar-refractivity contribution in [1.29, 1.82) is 0 Å². The fourth-order valence-corrected chi connectivity index (χ4v) is 4.54. The van der Waals surface area contributed by atoms with Gasteiger partial charge in [-0.25, -0.2) is 13.8 Å². The number of halogens is 1. The molecule has 200 valence electrons. The molecule has 1 fully saturated rings. The number of nitrogens with zero attached hydrogens (tertiary/aromatic N) is 2. The number of anilines is 1. The van der Waals surface area contributed by atoms with Gasteiger partial charge in [0.25, 0.3) is 11.8 Å². The Morgan fingerprint density at radius 3 is 2.59 bits per heavy atom. The molecule has 1 heterocycles. The molecule has 0 aromatic heterocycles. The number of hydrogen-bond donors (Lipinski definition) is 2. The molecule has 1 aliphatic heterocycles. The second-order valence-electron chi connectivity index (χ2n) is 8.18. The quantitative estimate of drug-likeness (QED) is 0.303. The second kappa shape index (κ2) is 13.3. The van der Waals surface area contributed by atoms with Crippen LogP contribution in [0.25, 0.3) is 0 Å². The lowest BCUT2D eigenvalue weighted by molar-refractivity contribution is -0.123. The minimum Gasteiger partial charge on any atom is -0.495 e.